The molecule has 1 saturated carbocycles. The second-order valence-electron chi connectivity index (χ2n) is 8.84. The third-order valence-corrected chi connectivity index (χ3v) is 6.32. The summed E-state index contributed by atoms with van der Waals surface area (Å²) in [5.74, 6) is -0.0283. The van der Waals surface area contributed by atoms with Crippen molar-refractivity contribution in [1.29, 1.82) is 0 Å². The smallest absolute Gasteiger partial charge is 0.338 e. The molecule has 4 atom stereocenters. The van der Waals surface area contributed by atoms with E-state index in [0.29, 0.717) is 12.0 Å². The van der Waals surface area contributed by atoms with Gasteiger partial charge in [-0.2, -0.15) is 0 Å². The minimum atomic E-state index is -0.419. The molecule has 0 unspecified atom stereocenters. The zero-order chi connectivity index (χ0) is 23.9. The molecule has 1 fully saturated rings. The maximum Gasteiger partial charge on any atom is 0.338 e. The van der Waals surface area contributed by atoms with Gasteiger partial charge >= 0.3 is 11.9 Å². The number of methoxy groups -OCH3 is 1. The number of esters is 2. The summed E-state index contributed by atoms with van der Waals surface area (Å²) in [6.45, 7) is 2.16. The molecule has 0 radical (unpaired) electrons. The van der Waals surface area contributed by atoms with E-state index in [4.69, 9.17) is 4.74 Å². The third-order valence-electron chi connectivity index (χ3n) is 6.32. The van der Waals surface area contributed by atoms with Crippen LogP contribution in [0.2, 0.25) is 0 Å². The highest BCUT2D eigenvalue weighted by Crippen LogP contribution is 2.38. The van der Waals surface area contributed by atoms with Crippen molar-refractivity contribution >= 4 is 11.9 Å². The number of hydrogen-bond donors (Lipinski definition) is 1. The van der Waals surface area contributed by atoms with Crippen molar-refractivity contribution in [3.8, 4) is 0 Å². The first-order valence-electron chi connectivity index (χ1n) is 12.4. The number of carbonyl (C=O) groups excluding carboxylic acids is 2. The molecule has 1 aromatic rings. The number of rotatable bonds is 14. The number of aliphatic hydroxyl groups is 1. The average molecular weight is 457 g/mol. The average Bonchev–Trinajstić information content (AvgIpc) is 3.21. The Bertz CT molecular complexity index is 755. The monoisotopic (exact) mass is 456 g/mol. The highest BCUT2D eigenvalue weighted by atomic mass is 16.5. The molecule has 1 aromatic carbocycles. The molecule has 5 heteroatoms. The second kappa shape index (κ2) is 15.4. The molecule has 0 heterocycles. The van der Waals surface area contributed by atoms with Gasteiger partial charge in [-0.1, -0.05) is 68.7 Å². The van der Waals surface area contributed by atoms with Gasteiger partial charge in [0.05, 0.1) is 18.8 Å². The van der Waals surface area contributed by atoms with E-state index in [2.05, 4.69) is 29.9 Å². The van der Waals surface area contributed by atoms with E-state index in [1.54, 1.807) is 12.1 Å². The number of carbonyl (C=O) groups is 2. The van der Waals surface area contributed by atoms with Gasteiger partial charge in [-0.3, -0.25) is 4.79 Å². The highest BCUT2D eigenvalue weighted by Gasteiger charge is 2.36. The molecular formula is C28H40O5. The first-order valence-corrected chi connectivity index (χ1v) is 12.4. The van der Waals surface area contributed by atoms with Crippen LogP contribution in [0.3, 0.4) is 0 Å². The van der Waals surface area contributed by atoms with Crippen molar-refractivity contribution in [2.75, 3.05) is 7.11 Å². The molecule has 0 aliphatic heterocycles. The first-order chi connectivity index (χ1) is 16.0. The standard InChI is InChI=1S/C28H40O5/c1-3-4-8-15-24(29)20-18-22-19-21-26(33-28(31)23-13-9-7-10-14-23)25(22)16-11-5-6-12-17-27(30)32-2/h5,7,9-11,13-14,18,20,22,24-26,29H,3-4,6,8,12,15-17,19,21H2,1-2H3/t22-,24-,25+,26+/m0/s1. The lowest BCUT2D eigenvalue weighted by molar-refractivity contribution is -0.140. The topological polar surface area (TPSA) is 72.8 Å². The van der Waals surface area contributed by atoms with Gasteiger partial charge in [-0.05, 0) is 56.6 Å². The van der Waals surface area contributed by atoms with Gasteiger partial charge in [0.15, 0.2) is 0 Å². The fraction of sp³-hybridized carbons (Fsp3) is 0.571. The van der Waals surface area contributed by atoms with Crippen LogP contribution in [0.25, 0.3) is 0 Å². The Morgan fingerprint density at radius 1 is 1.12 bits per heavy atom. The van der Waals surface area contributed by atoms with E-state index >= 15 is 0 Å². The van der Waals surface area contributed by atoms with Gasteiger partial charge in [0, 0.05) is 12.3 Å². The lowest BCUT2D eigenvalue weighted by Crippen LogP contribution is -2.24. The van der Waals surface area contributed by atoms with Crippen molar-refractivity contribution in [1.82, 2.24) is 0 Å². The van der Waals surface area contributed by atoms with E-state index in [1.165, 1.54) is 7.11 Å². The van der Waals surface area contributed by atoms with E-state index in [1.807, 2.05) is 24.3 Å². The van der Waals surface area contributed by atoms with E-state index < -0.39 is 6.10 Å². The van der Waals surface area contributed by atoms with Crippen LogP contribution in [0.4, 0.5) is 0 Å². The fourth-order valence-corrected chi connectivity index (χ4v) is 4.36. The maximum atomic E-state index is 12.6. The van der Waals surface area contributed by atoms with Crippen LogP contribution in [0.5, 0.6) is 0 Å². The molecule has 1 N–H and O–H groups in total. The van der Waals surface area contributed by atoms with Crippen molar-refractivity contribution in [2.24, 2.45) is 11.8 Å². The van der Waals surface area contributed by atoms with Crippen LogP contribution in [0.1, 0.15) is 81.5 Å². The normalized spacial score (nSPS) is 21.5. The molecular weight excluding hydrogens is 416 g/mol. The van der Waals surface area contributed by atoms with Crippen LogP contribution < -0.4 is 0 Å². The van der Waals surface area contributed by atoms with Crippen molar-refractivity contribution in [2.45, 2.75) is 83.3 Å². The number of aliphatic hydroxyl groups excluding tert-OH is 1. The molecule has 1 aliphatic rings. The molecule has 1 aliphatic carbocycles. The lowest BCUT2D eigenvalue weighted by atomic mass is 9.90. The Hall–Kier alpha value is -2.40. The Balaban J connectivity index is 1.97. The van der Waals surface area contributed by atoms with Gasteiger partial charge in [-0.15, -0.1) is 0 Å². The maximum absolute atomic E-state index is 12.6. The number of benzene rings is 1. The molecule has 33 heavy (non-hydrogen) atoms. The molecule has 2 rings (SSSR count). The third kappa shape index (κ3) is 9.95. The Kier molecular flexibility index (Phi) is 12.6. The molecule has 0 saturated heterocycles. The molecule has 5 nitrogen and oxygen atoms in total. The van der Waals surface area contributed by atoms with Crippen LogP contribution in [0, 0.1) is 11.8 Å². The van der Waals surface area contributed by atoms with Gasteiger partial charge in [0.2, 0.25) is 0 Å². The quantitative estimate of drug-likeness (QED) is 0.210. The van der Waals surface area contributed by atoms with Crippen molar-refractivity contribution < 1.29 is 24.2 Å². The number of unbranched alkanes of at least 4 members (excludes halogenated alkanes) is 3. The van der Waals surface area contributed by atoms with Crippen LogP contribution in [-0.2, 0) is 14.3 Å². The number of allylic oxidation sites excluding steroid dienone is 3. The molecule has 0 bridgehead atoms. The fourth-order valence-electron chi connectivity index (χ4n) is 4.36. The SMILES string of the molecule is CCCCC[C@H](O)C=C[C@H]1CC[C@@H](OC(=O)c2ccccc2)[C@@H]1CC=CCCCC(=O)OC. The molecule has 0 spiro atoms. The predicted molar refractivity (Wildman–Crippen MR) is 131 cm³/mol. The van der Waals surface area contributed by atoms with Crippen molar-refractivity contribution in [3.63, 3.8) is 0 Å². The van der Waals surface area contributed by atoms with Gasteiger partial charge in [0.1, 0.15) is 6.10 Å². The minimum Gasteiger partial charge on any atom is -0.469 e. The van der Waals surface area contributed by atoms with Gasteiger partial charge < -0.3 is 14.6 Å². The summed E-state index contributed by atoms with van der Waals surface area (Å²) in [5, 5.41) is 10.3. The molecule has 182 valence electrons. The van der Waals surface area contributed by atoms with Crippen LogP contribution >= 0.6 is 0 Å². The van der Waals surface area contributed by atoms with E-state index in [-0.39, 0.29) is 29.9 Å². The first kappa shape index (κ1) is 26.8. The summed E-state index contributed by atoms with van der Waals surface area (Å²) >= 11 is 0. The molecule has 0 amide bonds. The van der Waals surface area contributed by atoms with Crippen molar-refractivity contribution in [3.05, 3.63) is 60.2 Å². The Morgan fingerprint density at radius 3 is 2.64 bits per heavy atom. The summed E-state index contributed by atoms with van der Waals surface area (Å²) in [4.78, 5) is 23.9. The molecule has 0 aromatic heterocycles. The summed E-state index contributed by atoms with van der Waals surface area (Å²) in [7, 11) is 1.41. The lowest BCUT2D eigenvalue weighted by Gasteiger charge is -2.22. The van der Waals surface area contributed by atoms with E-state index in [9.17, 15) is 14.7 Å². The van der Waals surface area contributed by atoms with E-state index in [0.717, 1.165) is 57.8 Å². The highest BCUT2D eigenvalue weighted by molar-refractivity contribution is 5.89. The number of ether oxygens (including phenoxy) is 2. The Morgan fingerprint density at radius 2 is 1.91 bits per heavy atom. The van der Waals surface area contributed by atoms with Gasteiger partial charge in [0.25, 0.3) is 0 Å². The summed E-state index contributed by atoms with van der Waals surface area (Å²) in [6, 6.07) is 9.11. The number of hydrogen-bond acceptors (Lipinski definition) is 5. The van der Waals surface area contributed by atoms with Gasteiger partial charge in [-0.25, -0.2) is 4.79 Å². The largest absolute Gasteiger partial charge is 0.469 e. The van der Waals surface area contributed by atoms with Crippen LogP contribution in [0.15, 0.2) is 54.6 Å². The predicted octanol–water partition coefficient (Wildman–Crippen LogP) is 6.03. The summed E-state index contributed by atoms with van der Waals surface area (Å²) in [5.41, 5.74) is 0.569. The van der Waals surface area contributed by atoms with Crippen LogP contribution in [-0.4, -0.2) is 36.4 Å². The minimum absolute atomic E-state index is 0.149. The zero-order valence-electron chi connectivity index (χ0n) is 20.2. The second-order valence-corrected chi connectivity index (χ2v) is 8.84. The summed E-state index contributed by atoms with van der Waals surface area (Å²) in [6.07, 6.45) is 16.3. The summed E-state index contributed by atoms with van der Waals surface area (Å²) < 4.78 is 10.6. The zero-order valence-corrected chi connectivity index (χ0v) is 20.2. The Labute approximate surface area is 198 Å².